The van der Waals surface area contributed by atoms with Crippen LogP contribution in [0, 0.1) is 5.41 Å². The highest BCUT2D eigenvalue weighted by atomic mass is 16.4. The minimum absolute atomic E-state index is 0.0919. The first-order valence-corrected chi connectivity index (χ1v) is 6.09. The van der Waals surface area contributed by atoms with Gasteiger partial charge in [0.15, 0.2) is 0 Å². The Morgan fingerprint density at radius 1 is 1.53 bits per heavy atom. The Hall–Kier alpha value is -0.870. The lowest BCUT2D eigenvalue weighted by molar-refractivity contribution is -0.138. The Balaban J connectivity index is 2.78. The standard InChI is InChI=1S/C13H24N2O2/c1-5-6-15-8-11(7-12(16)17)14(4)9-13(2,3)10-15/h5,11H,1,6-10H2,2-4H3,(H,16,17). The van der Waals surface area contributed by atoms with E-state index in [1.165, 1.54) is 0 Å². The maximum Gasteiger partial charge on any atom is 0.304 e. The second kappa shape index (κ2) is 5.65. The van der Waals surface area contributed by atoms with Gasteiger partial charge >= 0.3 is 5.97 Å². The van der Waals surface area contributed by atoms with Gasteiger partial charge in [-0.2, -0.15) is 0 Å². The van der Waals surface area contributed by atoms with Crippen molar-refractivity contribution in [2.45, 2.75) is 26.3 Å². The Bertz CT molecular complexity index is 289. The fourth-order valence-electron chi connectivity index (χ4n) is 2.71. The second-order valence-corrected chi connectivity index (χ2v) is 5.81. The minimum Gasteiger partial charge on any atom is -0.481 e. The molecule has 1 N–H and O–H groups in total. The van der Waals surface area contributed by atoms with Gasteiger partial charge in [-0.15, -0.1) is 6.58 Å². The van der Waals surface area contributed by atoms with Crippen LogP contribution < -0.4 is 0 Å². The third-order valence-corrected chi connectivity index (χ3v) is 3.22. The maximum atomic E-state index is 10.9. The van der Waals surface area contributed by atoms with Crippen LogP contribution in [0.5, 0.6) is 0 Å². The molecular formula is C13H24N2O2. The molecule has 1 atom stereocenters. The van der Waals surface area contributed by atoms with Gasteiger partial charge in [-0.1, -0.05) is 19.9 Å². The molecule has 98 valence electrons. The van der Waals surface area contributed by atoms with Gasteiger partial charge in [0.25, 0.3) is 0 Å². The summed E-state index contributed by atoms with van der Waals surface area (Å²) in [7, 11) is 2.02. The highest BCUT2D eigenvalue weighted by Gasteiger charge is 2.32. The molecule has 1 aliphatic rings. The first-order chi connectivity index (χ1) is 7.84. The van der Waals surface area contributed by atoms with Crippen LogP contribution in [0.4, 0.5) is 0 Å². The van der Waals surface area contributed by atoms with Crippen molar-refractivity contribution in [3.05, 3.63) is 12.7 Å². The molecule has 1 rings (SSSR count). The molecule has 1 fully saturated rings. The zero-order valence-electron chi connectivity index (χ0n) is 11.1. The first-order valence-electron chi connectivity index (χ1n) is 6.09. The van der Waals surface area contributed by atoms with E-state index < -0.39 is 5.97 Å². The fourth-order valence-corrected chi connectivity index (χ4v) is 2.71. The summed E-state index contributed by atoms with van der Waals surface area (Å²) in [5.41, 5.74) is 0.186. The molecule has 0 bridgehead atoms. The van der Waals surface area contributed by atoms with Crippen LogP contribution in [0.25, 0.3) is 0 Å². The molecule has 0 aromatic rings. The largest absolute Gasteiger partial charge is 0.481 e. The van der Waals surface area contributed by atoms with Crippen LogP contribution in [-0.2, 0) is 4.79 Å². The number of nitrogens with zero attached hydrogens (tertiary/aromatic N) is 2. The number of hydrogen-bond donors (Lipinski definition) is 1. The first kappa shape index (κ1) is 14.2. The molecule has 1 aliphatic heterocycles. The van der Waals surface area contributed by atoms with Crippen LogP contribution in [0.15, 0.2) is 12.7 Å². The van der Waals surface area contributed by atoms with E-state index in [2.05, 4.69) is 30.2 Å². The lowest BCUT2D eigenvalue weighted by atomic mass is 9.92. The van der Waals surface area contributed by atoms with E-state index in [1.807, 2.05) is 13.1 Å². The molecule has 1 saturated heterocycles. The van der Waals surface area contributed by atoms with Crippen LogP contribution >= 0.6 is 0 Å². The molecule has 0 spiro atoms. The Kier molecular flexibility index (Phi) is 4.71. The Morgan fingerprint density at radius 3 is 2.71 bits per heavy atom. The topological polar surface area (TPSA) is 43.8 Å². The Labute approximate surface area is 104 Å². The highest BCUT2D eigenvalue weighted by molar-refractivity contribution is 5.67. The number of rotatable bonds is 4. The third kappa shape index (κ3) is 4.48. The average molecular weight is 240 g/mol. The van der Waals surface area contributed by atoms with Gasteiger partial charge in [0.1, 0.15) is 0 Å². The van der Waals surface area contributed by atoms with Gasteiger partial charge in [0, 0.05) is 32.2 Å². The van der Waals surface area contributed by atoms with Crippen molar-refractivity contribution >= 4 is 5.97 Å². The number of aliphatic carboxylic acids is 1. The monoisotopic (exact) mass is 240 g/mol. The van der Waals surface area contributed by atoms with E-state index in [9.17, 15) is 4.79 Å². The average Bonchev–Trinajstić information content (AvgIpc) is 2.23. The summed E-state index contributed by atoms with van der Waals surface area (Å²) in [6, 6.07) is 0.0919. The molecule has 1 unspecified atom stereocenters. The molecule has 0 radical (unpaired) electrons. The molecule has 0 saturated carbocycles. The van der Waals surface area contributed by atoms with E-state index in [4.69, 9.17) is 5.11 Å². The summed E-state index contributed by atoms with van der Waals surface area (Å²) < 4.78 is 0. The smallest absolute Gasteiger partial charge is 0.304 e. The van der Waals surface area contributed by atoms with Gasteiger partial charge in [-0.05, 0) is 12.5 Å². The van der Waals surface area contributed by atoms with Crippen molar-refractivity contribution in [1.82, 2.24) is 9.80 Å². The summed E-state index contributed by atoms with van der Waals surface area (Å²) in [6.45, 7) is 11.8. The van der Waals surface area contributed by atoms with Gasteiger partial charge in [-0.3, -0.25) is 9.69 Å². The highest BCUT2D eigenvalue weighted by Crippen LogP contribution is 2.24. The zero-order chi connectivity index (χ0) is 13.1. The fraction of sp³-hybridized carbons (Fsp3) is 0.769. The van der Waals surface area contributed by atoms with Gasteiger partial charge in [0.05, 0.1) is 6.42 Å². The predicted octanol–water partition coefficient (Wildman–Crippen LogP) is 1.29. The maximum absolute atomic E-state index is 10.9. The van der Waals surface area contributed by atoms with Crippen molar-refractivity contribution < 1.29 is 9.90 Å². The third-order valence-electron chi connectivity index (χ3n) is 3.22. The molecule has 17 heavy (non-hydrogen) atoms. The minimum atomic E-state index is -0.722. The van der Waals surface area contributed by atoms with Crippen molar-refractivity contribution in [1.29, 1.82) is 0 Å². The lowest BCUT2D eigenvalue weighted by Gasteiger charge is -2.30. The van der Waals surface area contributed by atoms with Crippen LogP contribution in [0.2, 0.25) is 0 Å². The number of likely N-dealkylation sites (N-methyl/N-ethyl adjacent to an activating group) is 1. The molecule has 0 aromatic carbocycles. The quantitative estimate of drug-likeness (QED) is 0.752. The molecular weight excluding hydrogens is 216 g/mol. The van der Waals surface area contributed by atoms with Gasteiger partial charge < -0.3 is 10.0 Å². The van der Waals surface area contributed by atoms with Crippen molar-refractivity contribution in [3.63, 3.8) is 0 Å². The van der Waals surface area contributed by atoms with Crippen molar-refractivity contribution in [2.75, 3.05) is 33.2 Å². The summed E-state index contributed by atoms with van der Waals surface area (Å²) in [5.74, 6) is -0.722. The molecule has 4 heteroatoms. The number of carboxylic acid groups (broad SMARTS) is 1. The van der Waals surface area contributed by atoms with Crippen LogP contribution in [0.3, 0.4) is 0 Å². The predicted molar refractivity (Wildman–Crippen MR) is 69.1 cm³/mol. The van der Waals surface area contributed by atoms with Crippen molar-refractivity contribution in [3.8, 4) is 0 Å². The number of hydrogen-bond acceptors (Lipinski definition) is 3. The van der Waals surface area contributed by atoms with E-state index in [-0.39, 0.29) is 17.9 Å². The van der Waals surface area contributed by atoms with E-state index in [0.29, 0.717) is 0 Å². The van der Waals surface area contributed by atoms with E-state index >= 15 is 0 Å². The molecule has 0 amide bonds. The lowest BCUT2D eigenvalue weighted by Crippen LogP contribution is -2.40. The Morgan fingerprint density at radius 2 is 2.18 bits per heavy atom. The van der Waals surface area contributed by atoms with E-state index in [1.54, 1.807) is 0 Å². The normalized spacial score (nSPS) is 26.4. The summed E-state index contributed by atoms with van der Waals surface area (Å²) in [6.07, 6.45) is 2.10. The summed E-state index contributed by atoms with van der Waals surface area (Å²) in [4.78, 5) is 15.4. The van der Waals surface area contributed by atoms with Gasteiger partial charge in [0.2, 0.25) is 0 Å². The molecule has 1 heterocycles. The van der Waals surface area contributed by atoms with Crippen LogP contribution in [0.1, 0.15) is 20.3 Å². The van der Waals surface area contributed by atoms with E-state index in [0.717, 1.165) is 26.2 Å². The second-order valence-electron chi connectivity index (χ2n) is 5.81. The van der Waals surface area contributed by atoms with Gasteiger partial charge in [-0.25, -0.2) is 0 Å². The van der Waals surface area contributed by atoms with Crippen LogP contribution in [-0.4, -0.2) is 60.1 Å². The van der Waals surface area contributed by atoms with Crippen molar-refractivity contribution in [2.24, 2.45) is 5.41 Å². The summed E-state index contributed by atoms with van der Waals surface area (Å²) in [5, 5.41) is 8.96. The zero-order valence-corrected chi connectivity index (χ0v) is 11.1. The summed E-state index contributed by atoms with van der Waals surface area (Å²) >= 11 is 0. The number of carbonyl (C=O) groups is 1. The molecule has 0 aliphatic carbocycles. The SMILES string of the molecule is C=CCN1CC(CC(=O)O)N(C)CC(C)(C)C1. The molecule has 0 aromatic heterocycles. The number of carboxylic acids is 1. The molecule has 4 nitrogen and oxygen atoms in total.